The van der Waals surface area contributed by atoms with E-state index in [0.717, 1.165) is 11.4 Å². The Balaban J connectivity index is 1.28. The highest BCUT2D eigenvalue weighted by atomic mass is 28.3. The Bertz CT molecular complexity index is 3500. The third-order valence-electron chi connectivity index (χ3n) is 13.1. The van der Waals surface area contributed by atoms with Crippen molar-refractivity contribution in [2.24, 2.45) is 0 Å². The molecular formula is C60H42N2Si. The second kappa shape index (κ2) is 15.2. The number of benzene rings is 10. The lowest BCUT2D eigenvalue weighted by molar-refractivity contribution is 1.13. The summed E-state index contributed by atoms with van der Waals surface area (Å²) in [5.41, 5.74) is 11.8. The number of hydrogen-bond donors (Lipinski definition) is 0. The normalized spacial score (nSPS) is 11.8. The third kappa shape index (κ3) is 5.78. The van der Waals surface area contributed by atoms with Crippen LogP contribution in [0.3, 0.4) is 0 Å². The van der Waals surface area contributed by atoms with Gasteiger partial charge in [-0.2, -0.15) is 0 Å². The van der Waals surface area contributed by atoms with Gasteiger partial charge in [-0.15, -0.1) is 0 Å². The molecule has 10 aromatic carbocycles. The first kappa shape index (κ1) is 36.8. The molecule has 296 valence electrons. The van der Waals surface area contributed by atoms with Gasteiger partial charge in [0, 0.05) is 27.1 Å². The molecule has 2 aromatic heterocycles. The Morgan fingerprint density at radius 2 is 0.714 bits per heavy atom. The number of nitrogens with zero attached hydrogens (tertiary/aromatic N) is 2. The molecule has 2 nitrogen and oxygen atoms in total. The molecule has 12 aromatic rings. The molecule has 0 saturated carbocycles. The topological polar surface area (TPSA) is 9.86 Å². The summed E-state index contributed by atoms with van der Waals surface area (Å²) in [5, 5.41) is 10.3. The van der Waals surface area contributed by atoms with Crippen LogP contribution in [0, 0.1) is 0 Å². The van der Waals surface area contributed by atoms with Gasteiger partial charge in [-0.05, 0) is 67.8 Å². The second-order valence-electron chi connectivity index (χ2n) is 16.4. The van der Waals surface area contributed by atoms with Gasteiger partial charge in [0.25, 0.3) is 0 Å². The summed E-state index contributed by atoms with van der Waals surface area (Å²) in [6.07, 6.45) is 0. The molecule has 2 heterocycles. The van der Waals surface area contributed by atoms with Crippen molar-refractivity contribution >= 4 is 72.4 Å². The van der Waals surface area contributed by atoms with Crippen LogP contribution in [0.2, 0.25) is 0 Å². The minimum Gasteiger partial charge on any atom is -0.307 e. The summed E-state index contributed by atoms with van der Waals surface area (Å²) < 4.78 is 5.09. The molecule has 0 bridgehead atoms. The Morgan fingerprint density at radius 1 is 0.270 bits per heavy atom. The fourth-order valence-electron chi connectivity index (χ4n) is 10.4. The van der Waals surface area contributed by atoms with Crippen molar-refractivity contribution in [3.05, 3.63) is 255 Å². The van der Waals surface area contributed by atoms with E-state index in [-0.39, 0.29) is 0 Å². The van der Waals surface area contributed by atoms with Gasteiger partial charge in [-0.3, -0.25) is 0 Å². The number of fused-ring (bicyclic) bond motifs is 6. The van der Waals surface area contributed by atoms with Crippen LogP contribution in [0.25, 0.3) is 77.2 Å². The predicted octanol–water partition coefficient (Wildman–Crippen LogP) is 12.6. The van der Waals surface area contributed by atoms with Crippen molar-refractivity contribution in [3.63, 3.8) is 0 Å². The van der Waals surface area contributed by atoms with Gasteiger partial charge in [0.05, 0.1) is 33.4 Å². The average Bonchev–Trinajstić information content (AvgIpc) is 3.89. The molecule has 0 N–H and O–H groups in total. The molecule has 0 radical (unpaired) electrons. The Kier molecular flexibility index (Phi) is 8.87. The van der Waals surface area contributed by atoms with Crippen LogP contribution >= 0.6 is 0 Å². The van der Waals surface area contributed by atoms with Crippen LogP contribution in [0.5, 0.6) is 0 Å². The zero-order chi connectivity index (χ0) is 41.7. The number of aromatic nitrogens is 2. The van der Waals surface area contributed by atoms with E-state index in [4.69, 9.17) is 0 Å². The van der Waals surface area contributed by atoms with Gasteiger partial charge >= 0.3 is 0 Å². The van der Waals surface area contributed by atoms with E-state index < -0.39 is 8.07 Å². The first-order chi connectivity index (χ1) is 31.3. The van der Waals surface area contributed by atoms with Crippen molar-refractivity contribution < 1.29 is 0 Å². The largest absolute Gasteiger partial charge is 0.307 e. The average molecular weight is 819 g/mol. The molecule has 63 heavy (non-hydrogen) atoms. The molecule has 0 aliphatic rings. The quantitative estimate of drug-likeness (QED) is 0.107. The number of rotatable bonds is 8. The molecule has 3 heteroatoms. The summed E-state index contributed by atoms with van der Waals surface area (Å²) in [6, 6.07) is 94.4. The molecule has 0 atom stereocenters. The molecule has 0 amide bonds. The first-order valence-corrected chi connectivity index (χ1v) is 23.8. The summed E-state index contributed by atoms with van der Waals surface area (Å²) in [7, 11) is -2.96. The molecule has 0 unspecified atom stereocenters. The van der Waals surface area contributed by atoms with Crippen LogP contribution in [0.1, 0.15) is 0 Å². The van der Waals surface area contributed by atoms with Gasteiger partial charge in [0.15, 0.2) is 8.07 Å². The van der Waals surface area contributed by atoms with Crippen molar-refractivity contribution in [2.75, 3.05) is 0 Å². The van der Waals surface area contributed by atoms with Crippen LogP contribution < -0.4 is 20.7 Å². The highest BCUT2D eigenvalue weighted by Gasteiger charge is 2.42. The molecule has 0 aliphatic heterocycles. The van der Waals surface area contributed by atoms with Crippen LogP contribution in [0.15, 0.2) is 255 Å². The lowest BCUT2D eigenvalue weighted by atomic mass is 9.99. The lowest BCUT2D eigenvalue weighted by Crippen LogP contribution is -2.74. The van der Waals surface area contributed by atoms with Crippen LogP contribution in [0.4, 0.5) is 0 Å². The molecule has 0 fully saturated rings. The molecule has 0 spiro atoms. The highest BCUT2D eigenvalue weighted by molar-refractivity contribution is 7.20. The number of hydrogen-bond acceptors (Lipinski definition) is 0. The van der Waals surface area contributed by atoms with Gasteiger partial charge in [0.1, 0.15) is 0 Å². The molecule has 0 saturated heterocycles. The number of para-hydroxylation sites is 4. The van der Waals surface area contributed by atoms with E-state index in [1.165, 1.54) is 86.6 Å². The standard InChI is InChI=1S/C60H42N2Si/c1-6-23-43(24-7-1)49-33-16-19-37-54(49)62-55-38-20-17-34-50(55)51-36-22-40-57(60(51)62)61-56-39-21-18-35-52(56)59-53(44-25-8-2-9-26-44)41-48(42-58(59)61)63(45-27-10-3-11-28-45,46-29-12-4-13-30-46)47-31-14-5-15-32-47/h1-42H. The fourth-order valence-corrected chi connectivity index (χ4v) is 15.2. The van der Waals surface area contributed by atoms with E-state index in [9.17, 15) is 0 Å². The fraction of sp³-hybridized carbons (Fsp3) is 0. The second-order valence-corrected chi connectivity index (χ2v) is 20.2. The van der Waals surface area contributed by atoms with E-state index in [1.807, 2.05) is 0 Å². The van der Waals surface area contributed by atoms with Crippen LogP contribution in [-0.4, -0.2) is 17.2 Å². The van der Waals surface area contributed by atoms with Crippen molar-refractivity contribution in [1.82, 2.24) is 9.13 Å². The minimum atomic E-state index is -2.96. The SMILES string of the molecule is c1ccc(-c2ccccc2-n2c3ccccc3c3cccc(-n4c5ccccc5c5c(-c6ccccc6)cc([Si](c6ccccc6)(c6ccccc6)c6ccccc6)cc54)c32)cc1. The smallest absolute Gasteiger partial charge is 0.179 e. The predicted molar refractivity (Wildman–Crippen MR) is 270 cm³/mol. The molecular weight excluding hydrogens is 777 g/mol. The summed E-state index contributed by atoms with van der Waals surface area (Å²) in [4.78, 5) is 0. The zero-order valence-electron chi connectivity index (χ0n) is 34.6. The van der Waals surface area contributed by atoms with Gasteiger partial charge in [-0.25, -0.2) is 0 Å². The zero-order valence-corrected chi connectivity index (χ0v) is 35.6. The first-order valence-electron chi connectivity index (χ1n) is 21.8. The summed E-state index contributed by atoms with van der Waals surface area (Å²) >= 11 is 0. The van der Waals surface area contributed by atoms with Crippen molar-refractivity contribution in [2.45, 2.75) is 0 Å². The minimum absolute atomic E-state index is 1.14. The third-order valence-corrected chi connectivity index (χ3v) is 17.8. The highest BCUT2D eigenvalue weighted by Crippen LogP contribution is 2.43. The maximum absolute atomic E-state index is 2.96. The maximum atomic E-state index is 2.57. The van der Waals surface area contributed by atoms with E-state index >= 15 is 0 Å². The van der Waals surface area contributed by atoms with Crippen molar-refractivity contribution in [1.29, 1.82) is 0 Å². The maximum Gasteiger partial charge on any atom is 0.179 e. The van der Waals surface area contributed by atoms with Crippen LogP contribution in [-0.2, 0) is 0 Å². The molecule has 0 aliphatic carbocycles. The van der Waals surface area contributed by atoms with E-state index in [2.05, 4.69) is 264 Å². The molecule has 12 rings (SSSR count). The lowest BCUT2D eigenvalue weighted by Gasteiger charge is -2.35. The van der Waals surface area contributed by atoms with Crippen molar-refractivity contribution in [3.8, 4) is 33.6 Å². The van der Waals surface area contributed by atoms with E-state index in [1.54, 1.807) is 0 Å². The van der Waals surface area contributed by atoms with Gasteiger partial charge in [0.2, 0.25) is 0 Å². The van der Waals surface area contributed by atoms with Gasteiger partial charge < -0.3 is 9.13 Å². The summed E-state index contributed by atoms with van der Waals surface area (Å²) in [6.45, 7) is 0. The van der Waals surface area contributed by atoms with Gasteiger partial charge in [-0.1, -0.05) is 224 Å². The van der Waals surface area contributed by atoms with E-state index in [0.29, 0.717) is 0 Å². The Labute approximate surface area is 368 Å². The Morgan fingerprint density at radius 3 is 1.32 bits per heavy atom. The Hall–Kier alpha value is -7.98. The summed E-state index contributed by atoms with van der Waals surface area (Å²) in [5.74, 6) is 0. The monoisotopic (exact) mass is 818 g/mol.